The minimum absolute atomic E-state index is 0.0246. The molecule has 0 radical (unpaired) electrons. The number of aromatic nitrogens is 1. The van der Waals surface area contributed by atoms with Crippen LogP contribution >= 0.6 is 27.5 Å². The van der Waals surface area contributed by atoms with Gasteiger partial charge in [-0.3, -0.25) is 16.3 Å². The van der Waals surface area contributed by atoms with Crippen LogP contribution in [-0.4, -0.2) is 4.98 Å². The van der Waals surface area contributed by atoms with Crippen molar-refractivity contribution >= 4 is 27.5 Å². The summed E-state index contributed by atoms with van der Waals surface area (Å²) in [6.07, 6.45) is 2.40. The first-order valence-electron chi connectivity index (χ1n) is 5.51. The van der Waals surface area contributed by atoms with Crippen LogP contribution in [0.25, 0.3) is 0 Å². The van der Waals surface area contributed by atoms with Gasteiger partial charge in [0.05, 0.1) is 16.8 Å². The highest BCUT2D eigenvalue weighted by Gasteiger charge is 2.11. The normalized spacial score (nSPS) is 12.4. The summed E-state index contributed by atoms with van der Waals surface area (Å²) >= 11 is 9.23. The number of nitrogens with two attached hydrogens (primary N) is 1. The lowest BCUT2D eigenvalue weighted by Crippen LogP contribution is -2.30. The Labute approximate surface area is 119 Å². The van der Waals surface area contributed by atoms with Gasteiger partial charge in [-0.2, -0.15) is 0 Å². The van der Waals surface area contributed by atoms with Crippen molar-refractivity contribution in [2.24, 2.45) is 5.84 Å². The largest absolute Gasteiger partial charge is 0.271 e. The van der Waals surface area contributed by atoms with Gasteiger partial charge in [-0.15, -0.1) is 0 Å². The summed E-state index contributed by atoms with van der Waals surface area (Å²) in [4.78, 5) is 4.28. The third-order valence-corrected chi connectivity index (χ3v) is 3.41. The zero-order chi connectivity index (χ0) is 13.0. The van der Waals surface area contributed by atoms with E-state index in [1.807, 2.05) is 24.3 Å². The van der Waals surface area contributed by atoms with E-state index in [1.165, 1.54) is 5.56 Å². The standard InChI is InChI=1S/C13H13BrClN3/c14-10-3-1-9(2-4-10)7-13(18-16)12-6-5-11(15)8-17-12/h1-6,8,13,18H,7,16H2. The molecule has 1 atom stereocenters. The minimum Gasteiger partial charge on any atom is -0.271 e. The predicted molar refractivity (Wildman–Crippen MR) is 77.2 cm³/mol. The molecule has 5 heteroatoms. The van der Waals surface area contributed by atoms with Gasteiger partial charge in [-0.25, -0.2) is 0 Å². The molecule has 1 heterocycles. The highest BCUT2D eigenvalue weighted by Crippen LogP contribution is 2.19. The Morgan fingerprint density at radius 2 is 1.94 bits per heavy atom. The smallest absolute Gasteiger partial charge is 0.0672 e. The third kappa shape index (κ3) is 3.53. The van der Waals surface area contributed by atoms with Crippen LogP contribution in [0, 0.1) is 0 Å². The summed E-state index contributed by atoms with van der Waals surface area (Å²) in [5, 5.41) is 0.623. The molecule has 1 aromatic carbocycles. The average molecular weight is 327 g/mol. The third-order valence-electron chi connectivity index (χ3n) is 2.66. The van der Waals surface area contributed by atoms with Crippen molar-refractivity contribution in [1.29, 1.82) is 0 Å². The number of hydrogen-bond acceptors (Lipinski definition) is 3. The van der Waals surface area contributed by atoms with Gasteiger partial charge in [0.25, 0.3) is 0 Å². The van der Waals surface area contributed by atoms with Crippen molar-refractivity contribution in [3.63, 3.8) is 0 Å². The Hall–Kier alpha value is -0.940. The number of hydrogen-bond donors (Lipinski definition) is 2. The summed E-state index contributed by atoms with van der Waals surface area (Å²) in [6.45, 7) is 0. The SMILES string of the molecule is NNC(Cc1ccc(Br)cc1)c1ccc(Cl)cn1. The van der Waals surface area contributed by atoms with E-state index in [0.29, 0.717) is 5.02 Å². The van der Waals surface area contributed by atoms with Gasteiger partial charge in [-0.1, -0.05) is 39.7 Å². The molecule has 1 unspecified atom stereocenters. The Morgan fingerprint density at radius 1 is 1.22 bits per heavy atom. The van der Waals surface area contributed by atoms with E-state index in [0.717, 1.165) is 16.6 Å². The fourth-order valence-corrected chi connectivity index (χ4v) is 2.07. The molecule has 0 amide bonds. The lowest BCUT2D eigenvalue weighted by atomic mass is 10.0. The summed E-state index contributed by atoms with van der Waals surface area (Å²) in [5.41, 5.74) is 4.86. The molecule has 2 aromatic rings. The number of rotatable bonds is 4. The fourth-order valence-electron chi connectivity index (χ4n) is 1.70. The second kappa shape index (κ2) is 6.29. The van der Waals surface area contributed by atoms with Gasteiger partial charge in [-0.05, 0) is 36.2 Å². The molecule has 0 bridgehead atoms. The highest BCUT2D eigenvalue weighted by atomic mass is 79.9. The molecule has 0 saturated carbocycles. The molecule has 3 nitrogen and oxygen atoms in total. The lowest BCUT2D eigenvalue weighted by molar-refractivity contribution is 0.538. The van der Waals surface area contributed by atoms with Crippen molar-refractivity contribution in [2.75, 3.05) is 0 Å². The number of halogens is 2. The maximum absolute atomic E-state index is 5.82. The Balaban J connectivity index is 2.14. The second-order valence-electron chi connectivity index (χ2n) is 3.95. The average Bonchev–Trinajstić information content (AvgIpc) is 2.39. The van der Waals surface area contributed by atoms with E-state index in [-0.39, 0.29) is 6.04 Å². The predicted octanol–water partition coefficient (Wildman–Crippen LogP) is 3.24. The number of hydrazine groups is 1. The highest BCUT2D eigenvalue weighted by molar-refractivity contribution is 9.10. The van der Waals surface area contributed by atoms with Gasteiger partial charge in [0, 0.05) is 10.7 Å². The van der Waals surface area contributed by atoms with Crippen molar-refractivity contribution in [1.82, 2.24) is 10.4 Å². The van der Waals surface area contributed by atoms with E-state index in [1.54, 1.807) is 6.20 Å². The molecular formula is C13H13BrClN3. The molecule has 0 spiro atoms. The van der Waals surface area contributed by atoms with Crippen LogP contribution in [0.1, 0.15) is 17.3 Å². The molecule has 0 fully saturated rings. The fraction of sp³-hybridized carbons (Fsp3) is 0.154. The minimum atomic E-state index is -0.0246. The zero-order valence-electron chi connectivity index (χ0n) is 9.61. The van der Waals surface area contributed by atoms with Crippen molar-refractivity contribution in [2.45, 2.75) is 12.5 Å². The Kier molecular flexibility index (Phi) is 4.72. The van der Waals surface area contributed by atoms with Crippen LogP contribution in [-0.2, 0) is 6.42 Å². The van der Waals surface area contributed by atoms with Gasteiger partial charge in [0.2, 0.25) is 0 Å². The summed E-state index contributed by atoms with van der Waals surface area (Å²) in [5.74, 6) is 5.59. The maximum atomic E-state index is 5.82. The molecular weight excluding hydrogens is 314 g/mol. The lowest BCUT2D eigenvalue weighted by Gasteiger charge is -2.15. The molecule has 3 N–H and O–H groups in total. The van der Waals surface area contributed by atoms with E-state index in [4.69, 9.17) is 17.4 Å². The van der Waals surface area contributed by atoms with Crippen LogP contribution < -0.4 is 11.3 Å². The van der Waals surface area contributed by atoms with E-state index >= 15 is 0 Å². The van der Waals surface area contributed by atoms with Crippen LogP contribution in [0.3, 0.4) is 0 Å². The monoisotopic (exact) mass is 325 g/mol. The molecule has 1 aromatic heterocycles. The number of benzene rings is 1. The van der Waals surface area contributed by atoms with Crippen LogP contribution in [0.4, 0.5) is 0 Å². The molecule has 0 aliphatic heterocycles. The number of pyridine rings is 1. The molecule has 0 aliphatic carbocycles. The van der Waals surface area contributed by atoms with Crippen molar-refractivity contribution in [3.8, 4) is 0 Å². The summed E-state index contributed by atoms with van der Waals surface area (Å²) in [7, 11) is 0. The Bertz CT molecular complexity index is 499. The van der Waals surface area contributed by atoms with Gasteiger partial charge in [0.1, 0.15) is 0 Å². The maximum Gasteiger partial charge on any atom is 0.0672 e. The molecule has 94 valence electrons. The second-order valence-corrected chi connectivity index (χ2v) is 5.30. The van der Waals surface area contributed by atoms with E-state index in [9.17, 15) is 0 Å². The van der Waals surface area contributed by atoms with Gasteiger partial charge >= 0.3 is 0 Å². The number of nitrogens with one attached hydrogen (secondary N) is 1. The van der Waals surface area contributed by atoms with Crippen molar-refractivity contribution in [3.05, 3.63) is 63.3 Å². The van der Waals surface area contributed by atoms with Crippen molar-refractivity contribution < 1.29 is 0 Å². The first-order chi connectivity index (χ1) is 8.69. The first-order valence-corrected chi connectivity index (χ1v) is 6.68. The van der Waals surface area contributed by atoms with E-state index < -0.39 is 0 Å². The first kappa shape index (κ1) is 13.5. The summed E-state index contributed by atoms with van der Waals surface area (Å²) in [6, 6.07) is 11.8. The van der Waals surface area contributed by atoms with Gasteiger partial charge < -0.3 is 0 Å². The quantitative estimate of drug-likeness (QED) is 0.670. The Morgan fingerprint density at radius 3 is 2.50 bits per heavy atom. The van der Waals surface area contributed by atoms with Crippen LogP contribution in [0.15, 0.2) is 47.1 Å². The molecule has 18 heavy (non-hydrogen) atoms. The van der Waals surface area contributed by atoms with E-state index in [2.05, 4.69) is 38.5 Å². The van der Waals surface area contributed by atoms with Crippen LogP contribution in [0.2, 0.25) is 5.02 Å². The molecule has 0 saturated heterocycles. The number of nitrogens with zero attached hydrogens (tertiary/aromatic N) is 1. The van der Waals surface area contributed by atoms with Crippen LogP contribution in [0.5, 0.6) is 0 Å². The zero-order valence-corrected chi connectivity index (χ0v) is 11.9. The summed E-state index contributed by atoms with van der Waals surface area (Å²) < 4.78 is 1.06. The molecule has 0 aliphatic rings. The topological polar surface area (TPSA) is 50.9 Å². The van der Waals surface area contributed by atoms with Gasteiger partial charge in [0.15, 0.2) is 0 Å². The molecule has 2 rings (SSSR count).